The van der Waals surface area contributed by atoms with Crippen molar-refractivity contribution in [3.8, 4) is 0 Å². The van der Waals surface area contributed by atoms with Crippen LogP contribution in [0.2, 0.25) is 5.02 Å². The fourth-order valence-corrected chi connectivity index (χ4v) is 3.25. The number of aryl methyl sites for hydroxylation is 1. The normalized spacial score (nSPS) is 12.6. The van der Waals surface area contributed by atoms with Gasteiger partial charge in [-0.1, -0.05) is 30.7 Å². The molecule has 2 aromatic rings. The van der Waals surface area contributed by atoms with E-state index in [-0.39, 0.29) is 16.9 Å². The summed E-state index contributed by atoms with van der Waals surface area (Å²) < 4.78 is 14.1. The van der Waals surface area contributed by atoms with Gasteiger partial charge in [-0.15, -0.1) is 11.3 Å². The van der Waals surface area contributed by atoms with Gasteiger partial charge in [-0.2, -0.15) is 0 Å². The summed E-state index contributed by atoms with van der Waals surface area (Å²) in [6.45, 7) is 5.15. The molecule has 0 fully saturated rings. The number of rotatable bonds is 6. The average molecular weight is 312 g/mol. The smallest absolute Gasteiger partial charge is 0.145 e. The van der Waals surface area contributed by atoms with Gasteiger partial charge in [0.1, 0.15) is 5.82 Å². The van der Waals surface area contributed by atoms with E-state index in [0.717, 1.165) is 13.0 Å². The molecule has 1 heterocycles. The second kappa shape index (κ2) is 7.21. The third-order valence-electron chi connectivity index (χ3n) is 3.37. The van der Waals surface area contributed by atoms with Gasteiger partial charge in [-0.05, 0) is 54.9 Å². The first kappa shape index (κ1) is 15.5. The minimum absolute atomic E-state index is 0.133. The lowest BCUT2D eigenvalue weighted by Crippen LogP contribution is -2.24. The molecule has 20 heavy (non-hydrogen) atoms. The zero-order valence-electron chi connectivity index (χ0n) is 11.7. The quantitative estimate of drug-likeness (QED) is 0.779. The van der Waals surface area contributed by atoms with Crippen LogP contribution in [0.1, 0.15) is 35.4 Å². The zero-order chi connectivity index (χ0) is 14.5. The maximum Gasteiger partial charge on any atom is 0.145 e. The predicted molar refractivity (Wildman–Crippen MR) is 85.2 cm³/mol. The first-order valence-corrected chi connectivity index (χ1v) is 8.09. The Morgan fingerprint density at radius 3 is 2.80 bits per heavy atom. The van der Waals surface area contributed by atoms with Crippen molar-refractivity contribution in [3.05, 3.63) is 56.5 Å². The van der Waals surface area contributed by atoms with E-state index in [0.29, 0.717) is 12.0 Å². The van der Waals surface area contributed by atoms with Gasteiger partial charge in [-0.3, -0.25) is 0 Å². The summed E-state index contributed by atoms with van der Waals surface area (Å²) >= 11 is 7.59. The molecule has 108 valence electrons. The summed E-state index contributed by atoms with van der Waals surface area (Å²) in [6.07, 6.45) is 1.67. The van der Waals surface area contributed by atoms with Crippen LogP contribution in [-0.4, -0.2) is 6.54 Å². The standard InChI is InChI=1S/C16H19ClFNS/c1-3-8-19-15(13-7-9-20-11(13)2)10-12-5-4-6-14(17)16(12)18/h4-7,9,15,19H,3,8,10H2,1-2H3. The third kappa shape index (κ3) is 3.60. The van der Waals surface area contributed by atoms with Gasteiger partial charge in [-0.25, -0.2) is 4.39 Å². The fourth-order valence-electron chi connectivity index (χ4n) is 2.29. The summed E-state index contributed by atoms with van der Waals surface area (Å²) in [4.78, 5) is 1.28. The summed E-state index contributed by atoms with van der Waals surface area (Å²) in [6, 6.07) is 7.46. The van der Waals surface area contributed by atoms with E-state index in [9.17, 15) is 4.39 Å². The van der Waals surface area contributed by atoms with Crippen LogP contribution in [0, 0.1) is 12.7 Å². The lowest BCUT2D eigenvalue weighted by molar-refractivity contribution is 0.513. The predicted octanol–water partition coefficient (Wildman–Crippen LogP) is 5.13. The van der Waals surface area contributed by atoms with E-state index in [1.54, 1.807) is 23.5 Å². The van der Waals surface area contributed by atoms with Crippen molar-refractivity contribution in [3.63, 3.8) is 0 Å². The Balaban J connectivity index is 2.24. The van der Waals surface area contributed by atoms with Gasteiger partial charge in [0.25, 0.3) is 0 Å². The number of thiophene rings is 1. The van der Waals surface area contributed by atoms with Crippen molar-refractivity contribution in [2.24, 2.45) is 0 Å². The molecule has 0 radical (unpaired) electrons. The van der Waals surface area contributed by atoms with Crippen LogP contribution in [0.3, 0.4) is 0 Å². The van der Waals surface area contributed by atoms with E-state index in [1.807, 2.05) is 6.07 Å². The van der Waals surface area contributed by atoms with E-state index in [2.05, 4.69) is 30.6 Å². The number of hydrogen-bond acceptors (Lipinski definition) is 2. The van der Waals surface area contributed by atoms with Crippen molar-refractivity contribution in [2.45, 2.75) is 32.7 Å². The summed E-state index contributed by atoms with van der Waals surface area (Å²) in [5.74, 6) is -0.301. The minimum atomic E-state index is -0.301. The highest BCUT2D eigenvalue weighted by atomic mass is 35.5. The number of benzene rings is 1. The molecular weight excluding hydrogens is 293 g/mol. The Labute approximate surface area is 128 Å². The molecule has 2 rings (SSSR count). The van der Waals surface area contributed by atoms with Crippen molar-refractivity contribution in [1.82, 2.24) is 5.32 Å². The van der Waals surface area contributed by atoms with Gasteiger partial charge in [0.2, 0.25) is 0 Å². The third-order valence-corrected chi connectivity index (χ3v) is 4.52. The number of hydrogen-bond donors (Lipinski definition) is 1. The lowest BCUT2D eigenvalue weighted by atomic mass is 9.99. The molecule has 1 unspecified atom stereocenters. The van der Waals surface area contributed by atoms with Crippen LogP contribution >= 0.6 is 22.9 Å². The van der Waals surface area contributed by atoms with Gasteiger partial charge in [0.15, 0.2) is 0 Å². The molecule has 0 aliphatic heterocycles. The second-order valence-electron chi connectivity index (χ2n) is 4.86. The zero-order valence-corrected chi connectivity index (χ0v) is 13.3. The second-order valence-corrected chi connectivity index (χ2v) is 6.38. The van der Waals surface area contributed by atoms with E-state index in [4.69, 9.17) is 11.6 Å². The van der Waals surface area contributed by atoms with Gasteiger partial charge >= 0.3 is 0 Å². The monoisotopic (exact) mass is 311 g/mol. The molecule has 0 saturated heterocycles. The average Bonchev–Trinajstić information content (AvgIpc) is 2.85. The Hall–Kier alpha value is -0.900. The van der Waals surface area contributed by atoms with E-state index >= 15 is 0 Å². The van der Waals surface area contributed by atoms with Crippen molar-refractivity contribution < 1.29 is 4.39 Å². The first-order valence-electron chi connectivity index (χ1n) is 6.83. The maximum absolute atomic E-state index is 14.1. The van der Waals surface area contributed by atoms with Crippen LogP contribution in [0.15, 0.2) is 29.6 Å². The molecule has 0 amide bonds. The van der Waals surface area contributed by atoms with Crippen molar-refractivity contribution >= 4 is 22.9 Å². The van der Waals surface area contributed by atoms with Crippen LogP contribution in [0.25, 0.3) is 0 Å². The molecule has 1 aromatic carbocycles. The largest absolute Gasteiger partial charge is 0.310 e. The van der Waals surface area contributed by atoms with Gasteiger partial charge < -0.3 is 5.32 Å². The number of halogens is 2. The van der Waals surface area contributed by atoms with Crippen LogP contribution < -0.4 is 5.32 Å². The Morgan fingerprint density at radius 1 is 1.35 bits per heavy atom. The van der Waals surface area contributed by atoms with Gasteiger partial charge in [0, 0.05) is 10.9 Å². The molecule has 1 N–H and O–H groups in total. The molecular formula is C16H19ClFNS. The lowest BCUT2D eigenvalue weighted by Gasteiger charge is -2.19. The highest BCUT2D eigenvalue weighted by Crippen LogP contribution is 2.28. The van der Waals surface area contributed by atoms with Crippen LogP contribution in [-0.2, 0) is 6.42 Å². The Morgan fingerprint density at radius 2 is 2.15 bits per heavy atom. The first-order chi connectivity index (χ1) is 9.63. The summed E-state index contributed by atoms with van der Waals surface area (Å²) in [5.41, 5.74) is 1.92. The highest BCUT2D eigenvalue weighted by molar-refractivity contribution is 7.10. The molecule has 1 aromatic heterocycles. The van der Waals surface area contributed by atoms with E-state index in [1.165, 1.54) is 10.4 Å². The van der Waals surface area contributed by atoms with Crippen LogP contribution in [0.5, 0.6) is 0 Å². The molecule has 0 aliphatic carbocycles. The molecule has 4 heteroatoms. The van der Waals surface area contributed by atoms with Crippen molar-refractivity contribution in [1.29, 1.82) is 0 Å². The van der Waals surface area contributed by atoms with E-state index < -0.39 is 0 Å². The molecule has 0 saturated carbocycles. The number of nitrogens with one attached hydrogen (secondary N) is 1. The summed E-state index contributed by atoms with van der Waals surface area (Å²) in [5, 5.41) is 5.78. The molecule has 0 spiro atoms. The van der Waals surface area contributed by atoms with Gasteiger partial charge in [0.05, 0.1) is 5.02 Å². The highest BCUT2D eigenvalue weighted by Gasteiger charge is 2.17. The molecule has 0 aliphatic rings. The molecule has 1 atom stereocenters. The van der Waals surface area contributed by atoms with Crippen LogP contribution in [0.4, 0.5) is 4.39 Å². The molecule has 0 bridgehead atoms. The Bertz CT molecular complexity index is 567. The van der Waals surface area contributed by atoms with Crippen molar-refractivity contribution in [2.75, 3.05) is 6.54 Å². The summed E-state index contributed by atoms with van der Waals surface area (Å²) in [7, 11) is 0. The Kier molecular flexibility index (Phi) is 5.58. The fraction of sp³-hybridized carbons (Fsp3) is 0.375. The topological polar surface area (TPSA) is 12.0 Å². The SMILES string of the molecule is CCCNC(Cc1cccc(Cl)c1F)c1ccsc1C. The molecule has 1 nitrogen and oxygen atoms in total. The maximum atomic E-state index is 14.1. The minimum Gasteiger partial charge on any atom is -0.310 e.